The number of allylic oxidation sites excluding steroid dienone is 1. The summed E-state index contributed by atoms with van der Waals surface area (Å²) < 4.78 is 31.8. The molecule has 0 unspecified atom stereocenters. The summed E-state index contributed by atoms with van der Waals surface area (Å²) in [6, 6.07) is 9.53. The van der Waals surface area contributed by atoms with Crippen LogP contribution in [-0.4, -0.2) is 5.97 Å². The zero-order valence-electron chi connectivity index (χ0n) is 11.6. The lowest BCUT2D eigenvalue weighted by Crippen LogP contribution is -2.09. The molecule has 110 valence electrons. The van der Waals surface area contributed by atoms with Gasteiger partial charge in [0.05, 0.1) is 5.56 Å². The van der Waals surface area contributed by atoms with Crippen molar-refractivity contribution < 1.29 is 18.3 Å². The number of benzene rings is 2. The Hall–Kier alpha value is -3.00. The minimum absolute atomic E-state index is 0.249. The second kappa shape index (κ2) is 6.64. The highest BCUT2D eigenvalue weighted by Gasteiger charge is 2.14. The molecule has 22 heavy (non-hydrogen) atoms. The maximum Gasteiger partial charge on any atom is 0.343 e. The molecule has 0 fully saturated rings. The smallest absolute Gasteiger partial charge is 0.343 e. The molecule has 0 saturated heterocycles. The first-order valence-corrected chi connectivity index (χ1v) is 6.39. The van der Waals surface area contributed by atoms with Gasteiger partial charge in [-0.15, -0.1) is 0 Å². The number of carbonyl (C=O) groups is 1. The molecule has 2 aromatic rings. The van der Waals surface area contributed by atoms with E-state index in [4.69, 9.17) is 10.00 Å². The van der Waals surface area contributed by atoms with Gasteiger partial charge in [-0.3, -0.25) is 0 Å². The Morgan fingerprint density at radius 1 is 1.18 bits per heavy atom. The fraction of sp³-hybridized carbons (Fsp3) is 0.0588. The second-order valence-corrected chi connectivity index (χ2v) is 4.39. The maximum atomic E-state index is 13.4. The number of halogens is 2. The van der Waals surface area contributed by atoms with E-state index in [0.717, 1.165) is 17.7 Å². The first-order chi connectivity index (χ1) is 10.5. The third-order valence-corrected chi connectivity index (χ3v) is 2.84. The van der Waals surface area contributed by atoms with Crippen LogP contribution in [0.4, 0.5) is 8.78 Å². The summed E-state index contributed by atoms with van der Waals surface area (Å²) in [4.78, 5) is 11.9. The molecule has 0 bridgehead atoms. The summed E-state index contributed by atoms with van der Waals surface area (Å²) in [6.07, 6.45) is 3.72. The van der Waals surface area contributed by atoms with Crippen molar-refractivity contribution >= 4 is 12.0 Å². The number of nitriles is 1. The summed E-state index contributed by atoms with van der Waals surface area (Å²) in [7, 11) is 0. The summed E-state index contributed by atoms with van der Waals surface area (Å²) >= 11 is 0. The largest absolute Gasteiger partial charge is 0.423 e. The molecule has 2 aromatic carbocycles. The van der Waals surface area contributed by atoms with Gasteiger partial charge in [0.1, 0.15) is 29.0 Å². The highest BCUT2D eigenvalue weighted by molar-refractivity contribution is 5.91. The molecule has 0 amide bonds. The Morgan fingerprint density at radius 2 is 1.77 bits per heavy atom. The summed E-state index contributed by atoms with van der Waals surface area (Å²) in [6.45, 7) is 1.87. The molecule has 0 aromatic heterocycles. The average molecular weight is 299 g/mol. The second-order valence-electron chi connectivity index (χ2n) is 4.39. The number of ether oxygens (including phenoxy) is 1. The molecule has 0 spiro atoms. The highest BCUT2D eigenvalue weighted by atomic mass is 19.1. The Bertz CT molecular complexity index is 751. The summed E-state index contributed by atoms with van der Waals surface area (Å²) in [5.41, 5.74) is 0.448. The van der Waals surface area contributed by atoms with Crippen molar-refractivity contribution in [2.24, 2.45) is 0 Å². The van der Waals surface area contributed by atoms with Crippen LogP contribution in [0, 0.1) is 23.0 Å². The lowest BCUT2D eigenvalue weighted by molar-refractivity contribution is 0.0734. The molecule has 3 nitrogen and oxygen atoms in total. The first-order valence-electron chi connectivity index (χ1n) is 6.39. The third-order valence-electron chi connectivity index (χ3n) is 2.84. The predicted octanol–water partition coefficient (Wildman–Crippen LogP) is 4.09. The molecule has 0 aliphatic rings. The highest BCUT2D eigenvalue weighted by Crippen LogP contribution is 2.21. The molecule has 0 radical (unpaired) electrons. The van der Waals surface area contributed by atoms with E-state index in [2.05, 4.69) is 0 Å². The van der Waals surface area contributed by atoms with E-state index in [1.807, 2.05) is 19.1 Å². The van der Waals surface area contributed by atoms with Gasteiger partial charge in [-0.2, -0.15) is 5.26 Å². The van der Waals surface area contributed by atoms with Gasteiger partial charge in [0.2, 0.25) is 0 Å². The molecule has 0 aliphatic heterocycles. The average Bonchev–Trinajstić information content (AvgIpc) is 2.48. The zero-order chi connectivity index (χ0) is 16.1. The SMILES string of the molecule is CC=Cc1ccc(C(=O)Oc2cc(F)c(C#N)c(F)c2)cc1. The van der Waals surface area contributed by atoms with Crippen LogP contribution in [0.3, 0.4) is 0 Å². The molecule has 0 atom stereocenters. The number of rotatable bonds is 3. The van der Waals surface area contributed by atoms with Crippen LogP contribution in [0.1, 0.15) is 28.4 Å². The van der Waals surface area contributed by atoms with Crippen LogP contribution in [0.25, 0.3) is 6.08 Å². The fourth-order valence-electron chi connectivity index (χ4n) is 1.80. The van der Waals surface area contributed by atoms with E-state index in [1.54, 1.807) is 24.3 Å². The van der Waals surface area contributed by atoms with Gasteiger partial charge in [-0.1, -0.05) is 24.3 Å². The van der Waals surface area contributed by atoms with Crippen molar-refractivity contribution in [2.75, 3.05) is 0 Å². The van der Waals surface area contributed by atoms with Crippen molar-refractivity contribution in [2.45, 2.75) is 6.92 Å². The van der Waals surface area contributed by atoms with Crippen LogP contribution < -0.4 is 4.74 Å². The van der Waals surface area contributed by atoms with Gasteiger partial charge in [-0.25, -0.2) is 13.6 Å². The van der Waals surface area contributed by atoms with E-state index in [-0.39, 0.29) is 11.3 Å². The fourth-order valence-corrected chi connectivity index (χ4v) is 1.80. The first kappa shape index (κ1) is 15.4. The van der Waals surface area contributed by atoms with Gasteiger partial charge in [0.25, 0.3) is 0 Å². The molecule has 0 heterocycles. The van der Waals surface area contributed by atoms with Crippen LogP contribution >= 0.6 is 0 Å². The van der Waals surface area contributed by atoms with Gasteiger partial charge in [0.15, 0.2) is 0 Å². The Kier molecular flexibility index (Phi) is 4.64. The van der Waals surface area contributed by atoms with Gasteiger partial charge in [0, 0.05) is 12.1 Å². The van der Waals surface area contributed by atoms with Crippen molar-refractivity contribution in [1.82, 2.24) is 0 Å². The zero-order valence-corrected chi connectivity index (χ0v) is 11.6. The minimum atomic E-state index is -1.08. The number of hydrogen-bond acceptors (Lipinski definition) is 3. The van der Waals surface area contributed by atoms with E-state index < -0.39 is 23.2 Å². The van der Waals surface area contributed by atoms with Crippen LogP contribution in [0.2, 0.25) is 0 Å². The molecule has 2 rings (SSSR count). The normalized spacial score (nSPS) is 10.5. The van der Waals surface area contributed by atoms with Crippen molar-refractivity contribution in [1.29, 1.82) is 5.26 Å². The van der Waals surface area contributed by atoms with Crippen molar-refractivity contribution in [3.63, 3.8) is 0 Å². The van der Waals surface area contributed by atoms with E-state index in [9.17, 15) is 13.6 Å². The predicted molar refractivity (Wildman–Crippen MR) is 77.2 cm³/mol. The van der Waals surface area contributed by atoms with Gasteiger partial charge >= 0.3 is 5.97 Å². The van der Waals surface area contributed by atoms with Crippen LogP contribution in [-0.2, 0) is 0 Å². The maximum absolute atomic E-state index is 13.4. The van der Waals surface area contributed by atoms with E-state index >= 15 is 0 Å². The van der Waals surface area contributed by atoms with E-state index in [1.165, 1.54) is 6.07 Å². The van der Waals surface area contributed by atoms with Gasteiger partial charge in [-0.05, 0) is 24.6 Å². The molecular weight excluding hydrogens is 288 g/mol. The lowest BCUT2D eigenvalue weighted by atomic mass is 10.1. The third kappa shape index (κ3) is 3.36. The number of nitrogens with zero attached hydrogens (tertiary/aromatic N) is 1. The van der Waals surface area contributed by atoms with Crippen LogP contribution in [0.15, 0.2) is 42.5 Å². The van der Waals surface area contributed by atoms with Crippen LogP contribution in [0.5, 0.6) is 5.75 Å². The quantitative estimate of drug-likeness (QED) is 0.633. The number of carbonyl (C=O) groups excluding carboxylic acids is 1. The number of esters is 1. The standard InChI is InChI=1S/C17H11F2NO2/c1-2-3-11-4-6-12(7-5-11)17(21)22-13-8-15(18)14(10-20)16(19)9-13/h2-9H,1H3. The Balaban J connectivity index is 2.20. The van der Waals surface area contributed by atoms with E-state index in [0.29, 0.717) is 0 Å². The van der Waals surface area contributed by atoms with Crippen molar-refractivity contribution in [3.05, 3.63) is 70.8 Å². The molecule has 0 saturated carbocycles. The minimum Gasteiger partial charge on any atom is -0.423 e. The number of hydrogen-bond donors (Lipinski definition) is 0. The summed E-state index contributed by atoms with van der Waals surface area (Å²) in [5, 5.41) is 8.58. The molecule has 0 aliphatic carbocycles. The molecular formula is C17H11F2NO2. The van der Waals surface area contributed by atoms with Gasteiger partial charge < -0.3 is 4.74 Å². The monoisotopic (exact) mass is 299 g/mol. The van der Waals surface area contributed by atoms with Crippen molar-refractivity contribution in [3.8, 4) is 11.8 Å². The lowest BCUT2D eigenvalue weighted by Gasteiger charge is -2.06. The Morgan fingerprint density at radius 3 is 2.27 bits per heavy atom. The Labute approximate surface area is 126 Å². The topological polar surface area (TPSA) is 50.1 Å². The molecule has 0 N–H and O–H groups in total. The molecule has 5 heteroatoms. The summed E-state index contributed by atoms with van der Waals surface area (Å²) in [5.74, 6) is -3.19.